The highest BCUT2D eigenvalue weighted by Gasteiger charge is 2.12. The van der Waals surface area contributed by atoms with Crippen LogP contribution in [0.2, 0.25) is 0 Å². The number of hydrogen-bond acceptors (Lipinski definition) is 4. The van der Waals surface area contributed by atoms with Gasteiger partial charge < -0.3 is 4.74 Å². The lowest BCUT2D eigenvalue weighted by atomic mass is 10.2. The zero-order chi connectivity index (χ0) is 14.5. The Morgan fingerprint density at radius 3 is 2.85 bits per heavy atom. The number of nitrogens with zero attached hydrogens (tertiary/aromatic N) is 2. The molecule has 20 heavy (non-hydrogen) atoms. The van der Waals surface area contributed by atoms with E-state index in [1.165, 1.54) is 10.9 Å². The number of hydrogen-bond donors (Lipinski definition) is 0. The van der Waals surface area contributed by atoms with Crippen LogP contribution in [0.4, 0.5) is 0 Å². The van der Waals surface area contributed by atoms with Crippen molar-refractivity contribution < 1.29 is 9.53 Å². The minimum Gasteiger partial charge on any atom is -0.464 e. The summed E-state index contributed by atoms with van der Waals surface area (Å²) in [6, 6.07) is 7.13. The standard InChI is InChI=1S/C13H12Cl2N2O3/c14-11(15)13(19)20-7-3-6-17-8-16-10-5-2-1-4-9(10)12(17)18/h1-2,4-5,8,11H,3,6-7H2. The zero-order valence-corrected chi connectivity index (χ0v) is 12.0. The third-order valence-corrected chi connectivity index (χ3v) is 3.05. The summed E-state index contributed by atoms with van der Waals surface area (Å²) in [7, 11) is 0. The van der Waals surface area contributed by atoms with E-state index in [0.29, 0.717) is 23.9 Å². The van der Waals surface area contributed by atoms with E-state index >= 15 is 0 Å². The molecule has 2 aromatic rings. The quantitative estimate of drug-likeness (QED) is 0.482. The lowest BCUT2D eigenvalue weighted by Crippen LogP contribution is -2.22. The first-order chi connectivity index (χ1) is 9.59. The number of para-hydroxylation sites is 1. The molecular formula is C13H12Cl2N2O3. The van der Waals surface area contributed by atoms with Gasteiger partial charge in [-0.1, -0.05) is 35.3 Å². The van der Waals surface area contributed by atoms with Gasteiger partial charge in [-0.05, 0) is 18.6 Å². The fraction of sp³-hybridized carbons (Fsp3) is 0.308. The minimum atomic E-state index is -1.18. The Kier molecular flexibility index (Phi) is 4.98. The van der Waals surface area contributed by atoms with Crippen molar-refractivity contribution in [2.24, 2.45) is 0 Å². The highest BCUT2D eigenvalue weighted by molar-refractivity contribution is 6.52. The number of fused-ring (bicyclic) bond motifs is 1. The molecule has 0 aliphatic carbocycles. The summed E-state index contributed by atoms with van der Waals surface area (Å²) >= 11 is 10.7. The van der Waals surface area contributed by atoms with E-state index in [0.717, 1.165) is 0 Å². The Morgan fingerprint density at radius 1 is 1.35 bits per heavy atom. The molecular weight excluding hydrogens is 303 g/mol. The first-order valence-electron chi connectivity index (χ1n) is 5.98. The molecule has 0 bridgehead atoms. The number of carbonyl (C=O) groups excluding carboxylic acids is 1. The Balaban J connectivity index is 1.99. The van der Waals surface area contributed by atoms with Crippen molar-refractivity contribution >= 4 is 40.1 Å². The Hall–Kier alpha value is -1.59. The molecule has 106 valence electrons. The molecule has 7 heteroatoms. The molecule has 0 aliphatic heterocycles. The van der Waals surface area contributed by atoms with Crippen molar-refractivity contribution in [1.82, 2.24) is 9.55 Å². The van der Waals surface area contributed by atoms with Gasteiger partial charge in [-0.15, -0.1) is 0 Å². The molecule has 1 heterocycles. The predicted molar refractivity (Wildman–Crippen MR) is 77.1 cm³/mol. The van der Waals surface area contributed by atoms with Crippen molar-refractivity contribution in [3.8, 4) is 0 Å². The first-order valence-corrected chi connectivity index (χ1v) is 6.86. The summed E-state index contributed by atoms with van der Waals surface area (Å²) in [5, 5.41) is 0.563. The fourth-order valence-corrected chi connectivity index (χ4v) is 1.86. The molecule has 0 radical (unpaired) electrons. The maximum absolute atomic E-state index is 12.1. The molecule has 0 aliphatic rings. The van der Waals surface area contributed by atoms with E-state index in [1.54, 1.807) is 18.2 Å². The van der Waals surface area contributed by atoms with E-state index in [-0.39, 0.29) is 12.2 Å². The molecule has 0 saturated heterocycles. The predicted octanol–water partition coefficient (Wildman–Crippen LogP) is 2.13. The monoisotopic (exact) mass is 314 g/mol. The summed E-state index contributed by atoms with van der Waals surface area (Å²) in [5.74, 6) is -0.683. The van der Waals surface area contributed by atoms with Crippen LogP contribution >= 0.6 is 23.2 Å². The number of aromatic nitrogens is 2. The molecule has 5 nitrogen and oxygen atoms in total. The summed E-state index contributed by atoms with van der Waals surface area (Å²) in [4.78, 5) is 26.2. The van der Waals surface area contributed by atoms with E-state index < -0.39 is 10.8 Å². The van der Waals surface area contributed by atoms with E-state index in [4.69, 9.17) is 27.9 Å². The molecule has 0 atom stereocenters. The number of halogens is 2. The molecule has 0 N–H and O–H groups in total. The summed E-state index contributed by atoms with van der Waals surface area (Å²) < 4.78 is 6.30. The van der Waals surface area contributed by atoms with Crippen molar-refractivity contribution in [3.63, 3.8) is 0 Å². The summed E-state index contributed by atoms with van der Waals surface area (Å²) in [6.07, 6.45) is 1.96. The van der Waals surface area contributed by atoms with Gasteiger partial charge in [0.05, 0.1) is 23.8 Å². The number of rotatable bonds is 5. The average molecular weight is 315 g/mol. The van der Waals surface area contributed by atoms with Crippen molar-refractivity contribution in [3.05, 3.63) is 40.9 Å². The maximum atomic E-state index is 12.1. The van der Waals surface area contributed by atoms with Crippen LogP contribution in [0.3, 0.4) is 0 Å². The number of alkyl halides is 2. The highest BCUT2D eigenvalue weighted by Crippen LogP contribution is 2.06. The Bertz CT molecular complexity index is 670. The Labute approximate surface area is 125 Å². The molecule has 0 unspecified atom stereocenters. The topological polar surface area (TPSA) is 61.2 Å². The molecule has 0 spiro atoms. The molecule has 0 saturated carbocycles. The van der Waals surface area contributed by atoms with Crippen LogP contribution in [0.5, 0.6) is 0 Å². The second kappa shape index (κ2) is 6.72. The zero-order valence-electron chi connectivity index (χ0n) is 10.5. The summed E-state index contributed by atoms with van der Waals surface area (Å²) in [5.41, 5.74) is 0.543. The maximum Gasteiger partial charge on any atom is 0.339 e. The molecule has 1 aromatic carbocycles. The minimum absolute atomic E-state index is 0.116. The van der Waals surface area contributed by atoms with Crippen LogP contribution in [0, 0.1) is 0 Å². The third-order valence-electron chi connectivity index (χ3n) is 2.70. The first kappa shape index (κ1) is 14.8. The number of carbonyl (C=O) groups is 1. The van der Waals surface area contributed by atoms with E-state index in [9.17, 15) is 9.59 Å². The highest BCUT2D eigenvalue weighted by atomic mass is 35.5. The van der Waals surface area contributed by atoms with Crippen LogP contribution in [0.15, 0.2) is 35.4 Å². The number of aryl methyl sites for hydroxylation is 1. The second-order valence-corrected chi connectivity index (χ2v) is 5.18. The average Bonchev–Trinajstić information content (AvgIpc) is 2.45. The van der Waals surface area contributed by atoms with Gasteiger partial charge in [0, 0.05) is 6.54 Å². The van der Waals surface area contributed by atoms with Crippen molar-refractivity contribution in [1.29, 1.82) is 0 Å². The molecule has 0 amide bonds. The van der Waals surface area contributed by atoms with Gasteiger partial charge in [0.1, 0.15) is 0 Å². The largest absolute Gasteiger partial charge is 0.464 e. The molecule has 0 fully saturated rings. The molecule has 2 rings (SSSR count). The number of ether oxygens (including phenoxy) is 1. The van der Waals surface area contributed by atoms with Gasteiger partial charge in [-0.3, -0.25) is 9.36 Å². The second-order valence-electron chi connectivity index (χ2n) is 4.08. The molecule has 1 aromatic heterocycles. The third kappa shape index (κ3) is 3.49. The van der Waals surface area contributed by atoms with Gasteiger partial charge in [-0.25, -0.2) is 9.78 Å². The fourth-order valence-electron chi connectivity index (χ4n) is 1.74. The van der Waals surface area contributed by atoms with Crippen molar-refractivity contribution in [2.75, 3.05) is 6.61 Å². The Morgan fingerprint density at radius 2 is 2.10 bits per heavy atom. The van der Waals surface area contributed by atoms with Gasteiger partial charge in [-0.2, -0.15) is 0 Å². The normalized spacial score (nSPS) is 10.9. The van der Waals surface area contributed by atoms with E-state index in [1.807, 2.05) is 6.07 Å². The smallest absolute Gasteiger partial charge is 0.339 e. The lowest BCUT2D eigenvalue weighted by Gasteiger charge is -2.07. The van der Waals surface area contributed by atoms with Crippen LogP contribution in [0.1, 0.15) is 6.42 Å². The van der Waals surface area contributed by atoms with Crippen molar-refractivity contribution in [2.45, 2.75) is 17.8 Å². The van der Waals surface area contributed by atoms with Gasteiger partial charge in [0.15, 0.2) is 0 Å². The SMILES string of the molecule is O=C(OCCCn1cnc2ccccc2c1=O)C(Cl)Cl. The van der Waals surface area contributed by atoms with Crippen LogP contribution in [0.25, 0.3) is 10.9 Å². The van der Waals surface area contributed by atoms with E-state index in [2.05, 4.69) is 4.98 Å². The van der Waals surface area contributed by atoms with Crippen LogP contribution in [-0.2, 0) is 16.1 Å². The number of esters is 1. The van der Waals surface area contributed by atoms with Gasteiger partial charge in [0.2, 0.25) is 4.84 Å². The van der Waals surface area contributed by atoms with Crippen LogP contribution in [-0.4, -0.2) is 27.0 Å². The van der Waals surface area contributed by atoms with Gasteiger partial charge >= 0.3 is 5.97 Å². The summed E-state index contributed by atoms with van der Waals surface area (Å²) in [6.45, 7) is 0.549. The van der Waals surface area contributed by atoms with Crippen LogP contribution < -0.4 is 5.56 Å². The van der Waals surface area contributed by atoms with Gasteiger partial charge in [0.25, 0.3) is 5.56 Å². The number of benzene rings is 1. The lowest BCUT2D eigenvalue weighted by molar-refractivity contribution is -0.141.